The highest BCUT2D eigenvalue weighted by atomic mass is 16.6. The molecule has 0 unspecified atom stereocenters. The van der Waals surface area contributed by atoms with Gasteiger partial charge in [-0.3, -0.25) is 9.48 Å². The van der Waals surface area contributed by atoms with Crippen molar-refractivity contribution in [3.8, 4) is 0 Å². The third-order valence-corrected chi connectivity index (χ3v) is 5.21. The lowest BCUT2D eigenvalue weighted by atomic mass is 10.1. The van der Waals surface area contributed by atoms with Crippen molar-refractivity contribution in [2.45, 2.75) is 104 Å². The van der Waals surface area contributed by atoms with Crippen LogP contribution in [0.3, 0.4) is 0 Å². The molecule has 7 heteroatoms. The van der Waals surface area contributed by atoms with E-state index >= 15 is 0 Å². The first-order valence-corrected chi connectivity index (χ1v) is 11.6. The molecule has 1 aliphatic heterocycles. The lowest BCUT2D eigenvalue weighted by Crippen LogP contribution is -2.36. The van der Waals surface area contributed by atoms with Crippen molar-refractivity contribution >= 4 is 12.0 Å². The molecule has 0 aromatic carbocycles. The van der Waals surface area contributed by atoms with Gasteiger partial charge in [0.2, 0.25) is 0 Å². The van der Waals surface area contributed by atoms with Gasteiger partial charge in [-0.1, -0.05) is 51.9 Å². The van der Waals surface area contributed by atoms with Crippen molar-refractivity contribution in [2.24, 2.45) is 0 Å². The fourth-order valence-electron chi connectivity index (χ4n) is 3.61. The lowest BCUT2D eigenvalue weighted by molar-refractivity contribution is 0.0236. The summed E-state index contributed by atoms with van der Waals surface area (Å²) in [6, 6.07) is 1.80. The van der Waals surface area contributed by atoms with Gasteiger partial charge in [0, 0.05) is 19.6 Å². The number of carbonyl (C=O) groups is 2. The number of unbranched alkanes of at least 4 members (excludes halogenated alkanes) is 7. The summed E-state index contributed by atoms with van der Waals surface area (Å²) in [4.78, 5) is 26.6. The normalized spacial score (nSPS) is 14.2. The molecule has 0 saturated carbocycles. The molecule has 0 spiro atoms. The molecule has 0 aliphatic carbocycles. The molecule has 1 aromatic heterocycles. The molecule has 170 valence electrons. The van der Waals surface area contributed by atoms with E-state index in [1.807, 2.05) is 25.5 Å². The first kappa shape index (κ1) is 24.2. The fourth-order valence-corrected chi connectivity index (χ4v) is 3.61. The summed E-state index contributed by atoms with van der Waals surface area (Å²) in [5.41, 5.74) is 0.774. The number of nitrogens with one attached hydrogen (secondary N) is 1. The highest BCUT2D eigenvalue weighted by molar-refractivity contribution is 5.92. The Morgan fingerprint density at radius 3 is 2.40 bits per heavy atom. The van der Waals surface area contributed by atoms with Gasteiger partial charge in [-0.25, -0.2) is 4.79 Å². The molecule has 0 bridgehead atoms. The Balaban J connectivity index is 1.76. The van der Waals surface area contributed by atoms with E-state index in [-0.39, 0.29) is 12.0 Å². The van der Waals surface area contributed by atoms with Crippen LogP contribution in [0.15, 0.2) is 6.07 Å². The molecule has 1 aromatic rings. The van der Waals surface area contributed by atoms with Crippen molar-refractivity contribution in [1.82, 2.24) is 20.0 Å². The number of amides is 2. The number of rotatable bonds is 10. The average Bonchev–Trinajstić information content (AvgIpc) is 2.96. The number of aromatic nitrogens is 2. The quantitative estimate of drug-likeness (QED) is 0.547. The molecular formula is C23H40N4O3. The fraction of sp³-hybridized carbons (Fsp3) is 0.783. The van der Waals surface area contributed by atoms with Crippen LogP contribution in [-0.2, 0) is 17.8 Å². The summed E-state index contributed by atoms with van der Waals surface area (Å²) >= 11 is 0. The zero-order chi connectivity index (χ0) is 22.0. The van der Waals surface area contributed by atoms with E-state index in [1.165, 1.54) is 38.5 Å². The number of ether oxygens (including phenoxy) is 1. The molecule has 1 N–H and O–H groups in total. The van der Waals surface area contributed by atoms with Crippen LogP contribution < -0.4 is 5.32 Å². The first-order valence-electron chi connectivity index (χ1n) is 11.6. The molecule has 0 fully saturated rings. The monoisotopic (exact) mass is 420 g/mol. The maximum Gasteiger partial charge on any atom is 0.410 e. The van der Waals surface area contributed by atoms with Gasteiger partial charge in [0.15, 0.2) is 5.69 Å². The standard InChI is InChI=1S/C23H40N4O3/c1-5-6-7-8-9-10-11-12-14-24-21(28)20-17-19-18-26(15-13-16-27(19)25-20)22(29)30-23(2,3)4/h17H,5-16,18H2,1-4H3,(H,24,28). The minimum absolute atomic E-state index is 0.137. The van der Waals surface area contributed by atoms with E-state index in [0.29, 0.717) is 31.9 Å². The maximum atomic E-state index is 12.5. The van der Waals surface area contributed by atoms with Gasteiger partial charge in [-0.2, -0.15) is 5.10 Å². The van der Waals surface area contributed by atoms with E-state index < -0.39 is 5.60 Å². The van der Waals surface area contributed by atoms with Gasteiger partial charge in [-0.05, 0) is 39.7 Å². The molecule has 2 rings (SSSR count). The van der Waals surface area contributed by atoms with Crippen molar-refractivity contribution in [2.75, 3.05) is 13.1 Å². The van der Waals surface area contributed by atoms with Gasteiger partial charge in [0.1, 0.15) is 5.60 Å². The van der Waals surface area contributed by atoms with E-state index in [4.69, 9.17) is 4.74 Å². The minimum atomic E-state index is -0.524. The summed E-state index contributed by atoms with van der Waals surface area (Å²) < 4.78 is 7.34. The average molecular weight is 421 g/mol. The zero-order valence-electron chi connectivity index (χ0n) is 19.3. The zero-order valence-corrected chi connectivity index (χ0v) is 19.3. The Morgan fingerprint density at radius 1 is 1.07 bits per heavy atom. The van der Waals surface area contributed by atoms with Crippen LogP contribution in [0.25, 0.3) is 0 Å². The Bertz CT molecular complexity index is 678. The number of carbonyl (C=O) groups excluding carboxylic acids is 2. The SMILES string of the molecule is CCCCCCCCCCNC(=O)c1cc2n(n1)CCCN(C(=O)OC(C)(C)C)C2. The van der Waals surface area contributed by atoms with E-state index in [9.17, 15) is 9.59 Å². The molecule has 0 atom stereocenters. The van der Waals surface area contributed by atoms with Crippen LogP contribution in [0.1, 0.15) is 102 Å². The highest BCUT2D eigenvalue weighted by Crippen LogP contribution is 2.17. The molecular weight excluding hydrogens is 380 g/mol. The Kier molecular flexibility index (Phi) is 9.66. The van der Waals surface area contributed by atoms with Gasteiger partial charge < -0.3 is 15.0 Å². The van der Waals surface area contributed by atoms with Crippen LogP contribution in [0.5, 0.6) is 0 Å². The van der Waals surface area contributed by atoms with Crippen LogP contribution >= 0.6 is 0 Å². The second-order valence-corrected chi connectivity index (χ2v) is 9.23. The molecule has 30 heavy (non-hydrogen) atoms. The second-order valence-electron chi connectivity index (χ2n) is 9.23. The molecule has 1 aliphatic rings. The maximum absolute atomic E-state index is 12.5. The number of hydrogen-bond donors (Lipinski definition) is 1. The molecule has 7 nitrogen and oxygen atoms in total. The number of fused-ring (bicyclic) bond motifs is 1. The van der Waals surface area contributed by atoms with E-state index in [0.717, 1.165) is 25.0 Å². The summed E-state index contributed by atoms with van der Waals surface area (Å²) in [5.74, 6) is -0.137. The van der Waals surface area contributed by atoms with E-state index in [2.05, 4.69) is 17.3 Å². The van der Waals surface area contributed by atoms with Crippen molar-refractivity contribution in [3.05, 3.63) is 17.5 Å². The predicted molar refractivity (Wildman–Crippen MR) is 118 cm³/mol. The Labute approximate surface area is 181 Å². The molecule has 0 radical (unpaired) electrons. The van der Waals surface area contributed by atoms with Crippen LogP contribution in [-0.4, -0.2) is 45.4 Å². The summed E-state index contributed by atoms with van der Waals surface area (Å²) in [7, 11) is 0. The molecule has 2 heterocycles. The van der Waals surface area contributed by atoms with Crippen molar-refractivity contribution in [1.29, 1.82) is 0 Å². The van der Waals surface area contributed by atoms with Gasteiger partial charge in [0.25, 0.3) is 5.91 Å². The van der Waals surface area contributed by atoms with Gasteiger partial charge >= 0.3 is 6.09 Å². The molecule has 2 amide bonds. The lowest BCUT2D eigenvalue weighted by Gasteiger charge is -2.26. The summed E-state index contributed by atoms with van der Waals surface area (Å²) in [6.07, 6.45) is 10.4. The summed E-state index contributed by atoms with van der Waals surface area (Å²) in [5, 5.41) is 7.44. The van der Waals surface area contributed by atoms with Crippen LogP contribution in [0.4, 0.5) is 4.79 Å². The first-order chi connectivity index (χ1) is 14.3. The van der Waals surface area contributed by atoms with Gasteiger partial charge in [-0.15, -0.1) is 0 Å². The second kappa shape index (κ2) is 12.0. The van der Waals surface area contributed by atoms with Gasteiger partial charge in [0.05, 0.1) is 12.2 Å². The summed E-state index contributed by atoms with van der Waals surface area (Å²) in [6.45, 7) is 10.2. The number of aryl methyl sites for hydroxylation is 1. The van der Waals surface area contributed by atoms with Crippen LogP contribution in [0.2, 0.25) is 0 Å². The van der Waals surface area contributed by atoms with Crippen molar-refractivity contribution < 1.29 is 14.3 Å². The smallest absolute Gasteiger partial charge is 0.410 e. The topological polar surface area (TPSA) is 76.5 Å². The number of nitrogens with zero attached hydrogens (tertiary/aromatic N) is 3. The largest absolute Gasteiger partial charge is 0.444 e. The van der Waals surface area contributed by atoms with E-state index in [1.54, 1.807) is 11.0 Å². The predicted octanol–water partition coefficient (Wildman–Crippen LogP) is 4.89. The minimum Gasteiger partial charge on any atom is -0.444 e. The number of hydrogen-bond acceptors (Lipinski definition) is 4. The van der Waals surface area contributed by atoms with Crippen molar-refractivity contribution in [3.63, 3.8) is 0 Å². The third-order valence-electron chi connectivity index (χ3n) is 5.21. The van der Waals surface area contributed by atoms with Crippen LogP contribution in [0, 0.1) is 0 Å². The highest BCUT2D eigenvalue weighted by Gasteiger charge is 2.26. The third kappa shape index (κ3) is 8.36. The Morgan fingerprint density at radius 2 is 1.73 bits per heavy atom. The Hall–Kier alpha value is -2.05. The molecule has 0 saturated heterocycles.